The summed E-state index contributed by atoms with van der Waals surface area (Å²) in [5.74, 6) is -0.181. The molecule has 2 aromatic rings. The quantitative estimate of drug-likeness (QED) is 0.829. The first-order valence-electron chi connectivity index (χ1n) is 7.73. The van der Waals surface area contributed by atoms with E-state index >= 15 is 0 Å². The van der Waals surface area contributed by atoms with Crippen molar-refractivity contribution < 1.29 is 9.59 Å². The third-order valence-corrected chi connectivity index (χ3v) is 3.40. The van der Waals surface area contributed by atoms with E-state index in [-0.39, 0.29) is 11.8 Å². The van der Waals surface area contributed by atoms with Gasteiger partial charge < -0.3 is 10.2 Å². The van der Waals surface area contributed by atoms with Crippen LogP contribution in [-0.2, 0) is 11.2 Å². The number of benzene rings is 1. The Morgan fingerprint density at radius 3 is 2.75 bits per heavy atom. The number of pyridine rings is 1. The smallest absolute Gasteiger partial charge is 0.253 e. The molecule has 0 aliphatic carbocycles. The molecule has 24 heavy (non-hydrogen) atoms. The van der Waals surface area contributed by atoms with E-state index in [1.165, 1.54) is 6.08 Å². The molecule has 0 aliphatic heterocycles. The third kappa shape index (κ3) is 5.35. The topological polar surface area (TPSA) is 62.3 Å². The minimum atomic E-state index is -0.153. The van der Waals surface area contributed by atoms with Crippen LogP contribution in [0.3, 0.4) is 0 Å². The normalized spacial score (nSPS) is 10.6. The van der Waals surface area contributed by atoms with E-state index < -0.39 is 0 Å². The molecule has 0 saturated carbocycles. The summed E-state index contributed by atoms with van der Waals surface area (Å²) in [4.78, 5) is 29.3. The summed E-state index contributed by atoms with van der Waals surface area (Å²) in [6.07, 6.45) is 7.26. The van der Waals surface area contributed by atoms with E-state index in [2.05, 4.69) is 10.3 Å². The Kier molecular flexibility index (Phi) is 6.25. The van der Waals surface area contributed by atoms with E-state index in [1.807, 2.05) is 30.3 Å². The largest absolute Gasteiger partial charge is 0.352 e. The second-order valence-electron chi connectivity index (χ2n) is 5.56. The van der Waals surface area contributed by atoms with Gasteiger partial charge in [-0.2, -0.15) is 0 Å². The van der Waals surface area contributed by atoms with Crippen LogP contribution < -0.4 is 5.32 Å². The highest BCUT2D eigenvalue weighted by Crippen LogP contribution is 2.07. The molecule has 0 bridgehead atoms. The van der Waals surface area contributed by atoms with Crippen molar-refractivity contribution in [3.8, 4) is 0 Å². The lowest BCUT2D eigenvalue weighted by atomic mass is 10.1. The number of hydrogen-bond acceptors (Lipinski definition) is 3. The number of aromatic nitrogens is 1. The van der Waals surface area contributed by atoms with Crippen molar-refractivity contribution in [2.45, 2.75) is 6.42 Å². The maximum atomic E-state index is 11.9. The molecule has 0 aliphatic rings. The van der Waals surface area contributed by atoms with Crippen molar-refractivity contribution in [3.05, 3.63) is 71.6 Å². The summed E-state index contributed by atoms with van der Waals surface area (Å²) in [5.41, 5.74) is 2.54. The lowest BCUT2D eigenvalue weighted by molar-refractivity contribution is -0.116. The molecule has 1 aromatic heterocycles. The minimum absolute atomic E-state index is 0.0275. The van der Waals surface area contributed by atoms with Crippen LogP contribution in [0, 0.1) is 0 Å². The van der Waals surface area contributed by atoms with Crippen LogP contribution >= 0.6 is 0 Å². The van der Waals surface area contributed by atoms with Gasteiger partial charge in [0, 0.05) is 44.7 Å². The number of hydrogen-bond donors (Lipinski definition) is 1. The van der Waals surface area contributed by atoms with Crippen molar-refractivity contribution >= 4 is 17.9 Å². The highest BCUT2D eigenvalue weighted by molar-refractivity contribution is 5.94. The van der Waals surface area contributed by atoms with Crippen LogP contribution in [-0.4, -0.2) is 42.3 Å². The first-order valence-corrected chi connectivity index (χ1v) is 7.73. The summed E-state index contributed by atoms with van der Waals surface area (Å²) >= 11 is 0. The number of nitrogens with one attached hydrogen (secondary N) is 1. The van der Waals surface area contributed by atoms with Crippen LogP contribution in [0.15, 0.2) is 54.9 Å². The highest BCUT2D eigenvalue weighted by Gasteiger charge is 2.08. The molecule has 2 rings (SSSR count). The molecule has 1 N–H and O–H groups in total. The molecule has 0 atom stereocenters. The van der Waals surface area contributed by atoms with Crippen LogP contribution in [0.4, 0.5) is 0 Å². The first kappa shape index (κ1) is 17.4. The predicted molar refractivity (Wildman–Crippen MR) is 94.4 cm³/mol. The molecule has 1 aromatic carbocycles. The van der Waals surface area contributed by atoms with E-state index in [1.54, 1.807) is 43.5 Å². The summed E-state index contributed by atoms with van der Waals surface area (Å²) in [6, 6.07) is 11.2. The predicted octanol–water partition coefficient (Wildman–Crippen LogP) is 2.16. The Morgan fingerprint density at radius 1 is 1.21 bits per heavy atom. The molecule has 0 spiro atoms. The van der Waals surface area contributed by atoms with Gasteiger partial charge in [0.15, 0.2) is 0 Å². The van der Waals surface area contributed by atoms with Crippen LogP contribution in [0.2, 0.25) is 0 Å². The molecule has 124 valence electrons. The Balaban J connectivity index is 1.83. The van der Waals surface area contributed by atoms with Crippen molar-refractivity contribution in [1.82, 2.24) is 15.2 Å². The van der Waals surface area contributed by atoms with Crippen LogP contribution in [0.25, 0.3) is 6.08 Å². The fraction of sp³-hybridized carbons (Fsp3) is 0.211. The van der Waals surface area contributed by atoms with Gasteiger partial charge in [0.05, 0.1) is 0 Å². The number of carbonyl (C=O) groups excluding carboxylic acids is 2. The zero-order valence-corrected chi connectivity index (χ0v) is 13.9. The van der Waals surface area contributed by atoms with Gasteiger partial charge in [-0.3, -0.25) is 14.6 Å². The van der Waals surface area contributed by atoms with Crippen LogP contribution in [0.1, 0.15) is 21.5 Å². The van der Waals surface area contributed by atoms with Gasteiger partial charge in [0.2, 0.25) is 5.91 Å². The standard InChI is InChI=1S/C19H21N3O2/c1-22(2)19(24)17-7-3-5-15(13-17)10-12-21-18(23)9-8-16-6-4-11-20-14-16/h3-9,11,13-14H,10,12H2,1-2H3,(H,21,23)/b9-8+. The van der Waals surface area contributed by atoms with Gasteiger partial charge in [-0.15, -0.1) is 0 Å². The SMILES string of the molecule is CN(C)C(=O)c1cccc(CCNC(=O)/C=C/c2cccnc2)c1. The van der Waals surface area contributed by atoms with Gasteiger partial charge in [0.25, 0.3) is 5.91 Å². The summed E-state index contributed by atoms with van der Waals surface area (Å²) < 4.78 is 0. The van der Waals surface area contributed by atoms with Gasteiger partial charge >= 0.3 is 0 Å². The van der Waals surface area contributed by atoms with Gasteiger partial charge in [-0.1, -0.05) is 18.2 Å². The molecular weight excluding hydrogens is 302 g/mol. The van der Waals surface area contributed by atoms with E-state index in [9.17, 15) is 9.59 Å². The molecule has 0 radical (unpaired) electrons. The van der Waals surface area contributed by atoms with E-state index in [0.29, 0.717) is 18.5 Å². The van der Waals surface area contributed by atoms with Crippen LogP contribution in [0.5, 0.6) is 0 Å². The second kappa shape index (κ2) is 8.62. The van der Waals surface area contributed by atoms with Crippen molar-refractivity contribution in [2.75, 3.05) is 20.6 Å². The number of nitrogens with zero attached hydrogens (tertiary/aromatic N) is 2. The van der Waals surface area contributed by atoms with Gasteiger partial charge in [0.1, 0.15) is 0 Å². The lowest BCUT2D eigenvalue weighted by Gasteiger charge is -2.11. The molecule has 0 saturated heterocycles. The average Bonchev–Trinajstić information content (AvgIpc) is 2.60. The Labute approximate surface area is 142 Å². The maximum Gasteiger partial charge on any atom is 0.253 e. The third-order valence-electron chi connectivity index (χ3n) is 3.40. The summed E-state index contributed by atoms with van der Waals surface area (Å²) in [5, 5.41) is 2.83. The van der Waals surface area contributed by atoms with E-state index in [0.717, 1.165) is 11.1 Å². The Bertz CT molecular complexity index is 724. The lowest BCUT2D eigenvalue weighted by Crippen LogP contribution is -2.24. The fourth-order valence-corrected chi connectivity index (χ4v) is 2.15. The molecule has 0 unspecified atom stereocenters. The first-order chi connectivity index (χ1) is 11.6. The van der Waals surface area contributed by atoms with Gasteiger partial charge in [-0.05, 0) is 41.8 Å². The molecule has 5 nitrogen and oxygen atoms in total. The van der Waals surface area contributed by atoms with Crippen molar-refractivity contribution in [2.24, 2.45) is 0 Å². The highest BCUT2D eigenvalue weighted by atomic mass is 16.2. The Morgan fingerprint density at radius 2 is 2.04 bits per heavy atom. The minimum Gasteiger partial charge on any atom is -0.352 e. The zero-order chi connectivity index (χ0) is 17.4. The zero-order valence-electron chi connectivity index (χ0n) is 13.9. The number of carbonyl (C=O) groups is 2. The number of rotatable bonds is 6. The molecule has 2 amide bonds. The van der Waals surface area contributed by atoms with Gasteiger partial charge in [-0.25, -0.2) is 0 Å². The van der Waals surface area contributed by atoms with Crippen molar-refractivity contribution in [3.63, 3.8) is 0 Å². The average molecular weight is 323 g/mol. The molecule has 5 heteroatoms. The maximum absolute atomic E-state index is 11.9. The van der Waals surface area contributed by atoms with E-state index in [4.69, 9.17) is 0 Å². The monoisotopic (exact) mass is 323 g/mol. The molecule has 1 heterocycles. The van der Waals surface area contributed by atoms with Crippen molar-refractivity contribution in [1.29, 1.82) is 0 Å². The second-order valence-corrected chi connectivity index (χ2v) is 5.56. The fourth-order valence-electron chi connectivity index (χ4n) is 2.15. The summed E-state index contributed by atoms with van der Waals surface area (Å²) in [6.45, 7) is 0.510. The Hall–Kier alpha value is -2.95. The number of amides is 2. The molecule has 0 fully saturated rings. The molecular formula is C19H21N3O2. The summed E-state index contributed by atoms with van der Waals surface area (Å²) in [7, 11) is 3.45.